The maximum atomic E-state index is 10.8. The number of hydrogen-bond donors (Lipinski definition) is 0. The van der Waals surface area contributed by atoms with E-state index in [-0.39, 0.29) is 33.6 Å². The fourth-order valence-electron chi connectivity index (χ4n) is 2.05. The van der Waals surface area contributed by atoms with Crippen molar-refractivity contribution in [1.29, 1.82) is 0 Å². The molecular formula is C20H34NO2PPd. The van der Waals surface area contributed by atoms with E-state index in [1.54, 1.807) is 7.11 Å². The van der Waals surface area contributed by atoms with Crippen molar-refractivity contribution in [2.24, 2.45) is 4.99 Å². The third-order valence-corrected chi connectivity index (χ3v) is 6.13. The largest absolute Gasteiger partial charge is 2.00 e. The molecule has 25 heavy (non-hydrogen) atoms. The zero-order chi connectivity index (χ0) is 17.7. The molecule has 0 bridgehead atoms. The predicted molar refractivity (Wildman–Crippen MR) is 109 cm³/mol. The summed E-state index contributed by atoms with van der Waals surface area (Å²) in [7, 11) is 2.08. The van der Waals surface area contributed by atoms with Crippen molar-refractivity contribution in [3.8, 4) is 5.75 Å². The van der Waals surface area contributed by atoms with Gasteiger partial charge < -0.3 is 17.3 Å². The molecule has 0 saturated carbocycles. The molecule has 0 aromatic heterocycles. The Kier molecular flexibility index (Phi) is 21.1. The zero-order valence-electron chi connectivity index (χ0n) is 16.7. The summed E-state index contributed by atoms with van der Waals surface area (Å²) in [4.78, 5) is 4.30. The van der Waals surface area contributed by atoms with Crippen molar-refractivity contribution in [2.45, 2.75) is 41.2 Å². The van der Waals surface area contributed by atoms with Crippen LogP contribution in [0.1, 0.15) is 40.2 Å². The molecule has 0 N–H and O–H groups in total. The quantitative estimate of drug-likeness (QED) is 0.192. The van der Waals surface area contributed by atoms with Crippen LogP contribution >= 0.6 is 7.92 Å². The Morgan fingerprint density at radius 2 is 1.64 bits per heavy atom. The van der Waals surface area contributed by atoms with Crippen molar-refractivity contribution in [2.75, 3.05) is 25.6 Å². The van der Waals surface area contributed by atoms with E-state index in [1.807, 2.05) is 31.2 Å². The van der Waals surface area contributed by atoms with Gasteiger partial charge in [-0.3, -0.25) is 4.99 Å². The van der Waals surface area contributed by atoms with Gasteiger partial charge in [-0.25, -0.2) is 0 Å². The van der Waals surface area contributed by atoms with Crippen LogP contribution in [0.4, 0.5) is 0 Å². The van der Waals surface area contributed by atoms with E-state index in [1.165, 1.54) is 31.5 Å². The van der Waals surface area contributed by atoms with Gasteiger partial charge in [0.15, 0.2) is 0 Å². The Bertz CT molecular complexity index is 491. The zero-order valence-corrected chi connectivity index (χ0v) is 19.2. The first-order valence-electron chi connectivity index (χ1n) is 8.18. The molecule has 0 radical (unpaired) electrons. The normalized spacial score (nSPS) is 11.0. The summed E-state index contributed by atoms with van der Waals surface area (Å²) in [6.45, 7) is 10.7. The van der Waals surface area contributed by atoms with Crippen LogP contribution in [0.3, 0.4) is 0 Å². The van der Waals surface area contributed by atoms with Gasteiger partial charge in [-0.15, -0.1) is 13.7 Å². The molecule has 3 nitrogen and oxygen atoms in total. The Morgan fingerprint density at radius 1 is 1.12 bits per heavy atom. The molecule has 5 heteroatoms. The van der Waals surface area contributed by atoms with Gasteiger partial charge in [0, 0.05) is 11.3 Å². The molecule has 1 rings (SSSR count). The average molecular weight is 458 g/mol. The van der Waals surface area contributed by atoms with Crippen LogP contribution in [0, 0.1) is 7.43 Å². The Hall–Kier alpha value is -0.678. The van der Waals surface area contributed by atoms with Crippen molar-refractivity contribution in [3.63, 3.8) is 0 Å². The molecule has 0 aliphatic rings. The van der Waals surface area contributed by atoms with Crippen molar-refractivity contribution >= 4 is 13.6 Å². The molecule has 0 spiro atoms. The second-order valence-corrected chi connectivity index (χ2v) is 8.38. The number of benzene rings is 1. The van der Waals surface area contributed by atoms with Gasteiger partial charge >= 0.3 is 20.4 Å². The second-order valence-electron chi connectivity index (χ2n) is 5.14. The summed E-state index contributed by atoms with van der Waals surface area (Å²) in [5.41, 5.74) is 1.75. The number of nitrogens with zero attached hydrogens (tertiary/aromatic N) is 1. The number of aliphatic imine (C=N–C) groups is 1. The molecule has 0 aliphatic carbocycles. The number of rotatable bonds is 7. The van der Waals surface area contributed by atoms with Gasteiger partial charge in [-0.05, 0) is 31.5 Å². The van der Waals surface area contributed by atoms with E-state index in [9.17, 15) is 5.11 Å². The van der Waals surface area contributed by atoms with Gasteiger partial charge in [0.05, 0.1) is 13.7 Å². The van der Waals surface area contributed by atoms with Crippen LogP contribution in [-0.4, -0.2) is 31.3 Å². The number of para-hydroxylation sites is 1. The van der Waals surface area contributed by atoms with Crippen LogP contribution in [0.2, 0.25) is 0 Å². The fraction of sp³-hybridized carbons (Fsp3) is 0.500. The van der Waals surface area contributed by atoms with Crippen molar-refractivity contribution in [3.05, 3.63) is 49.1 Å². The monoisotopic (exact) mass is 457 g/mol. The van der Waals surface area contributed by atoms with Gasteiger partial charge in [0.25, 0.3) is 0 Å². The fourth-order valence-corrected chi connectivity index (χ4v) is 3.40. The maximum Gasteiger partial charge on any atom is 2.00 e. The van der Waals surface area contributed by atoms with E-state index in [0.29, 0.717) is 14.5 Å². The van der Waals surface area contributed by atoms with Gasteiger partial charge in [-0.1, -0.05) is 52.0 Å². The van der Waals surface area contributed by atoms with E-state index < -0.39 is 0 Å². The number of hydrogen-bond acceptors (Lipinski definition) is 3. The summed E-state index contributed by atoms with van der Waals surface area (Å²) in [5, 5.41) is 10.8. The molecular weight excluding hydrogens is 424 g/mol. The van der Waals surface area contributed by atoms with Crippen LogP contribution in [0.15, 0.2) is 41.1 Å². The molecule has 0 aliphatic heterocycles. The van der Waals surface area contributed by atoms with E-state index >= 15 is 0 Å². The minimum Gasteiger partial charge on any atom is -0.876 e. The topological polar surface area (TPSA) is 44.6 Å². The first-order valence-corrected chi connectivity index (χ1v) is 10.1. The molecule has 146 valence electrons. The molecule has 0 amide bonds. The van der Waals surface area contributed by atoms with Crippen LogP contribution in [0.5, 0.6) is 5.75 Å². The second kappa shape index (κ2) is 18.1. The molecule has 1 aromatic carbocycles. The Balaban J connectivity index is -0.000000464. The first-order chi connectivity index (χ1) is 11.0. The summed E-state index contributed by atoms with van der Waals surface area (Å²) in [5.74, 6) is 0.836. The van der Waals surface area contributed by atoms with E-state index in [4.69, 9.17) is 4.74 Å². The summed E-state index contributed by atoms with van der Waals surface area (Å²) < 4.78 is 5.21. The van der Waals surface area contributed by atoms with Crippen LogP contribution in [0.25, 0.3) is 0 Å². The average Bonchev–Trinajstić information content (AvgIpc) is 2.55. The standard InChI is InChI=1S/C13H17NO2.C6H15P.CH3.Pd/c1-10(8-11(2)15)14-9-12-6-4-5-7-13(12)16-3;1-4-7(5-2)6-3;;/h4-8,15H,9H2,1-3H3;4-6H2,1-3H3;1H3;/q;;-1;+2/p-1/b11-8-,14-10?;;;. The molecule has 0 unspecified atom stereocenters. The number of methoxy groups -OCH3 is 1. The summed E-state index contributed by atoms with van der Waals surface area (Å²) in [6, 6.07) is 7.72. The number of allylic oxidation sites excluding steroid dienone is 2. The smallest absolute Gasteiger partial charge is 0.876 e. The molecule has 0 heterocycles. The molecule has 1 aromatic rings. The van der Waals surface area contributed by atoms with E-state index in [2.05, 4.69) is 25.8 Å². The van der Waals surface area contributed by atoms with Gasteiger partial charge in [0.2, 0.25) is 0 Å². The summed E-state index contributed by atoms with van der Waals surface area (Å²) >= 11 is 0. The predicted octanol–water partition coefficient (Wildman–Crippen LogP) is 4.90. The Morgan fingerprint density at radius 3 is 2.04 bits per heavy atom. The molecule has 0 atom stereocenters. The minimum atomic E-state index is 0. The Labute approximate surface area is 170 Å². The van der Waals surface area contributed by atoms with Crippen molar-refractivity contribution < 1.29 is 30.3 Å². The maximum absolute atomic E-state index is 10.8. The van der Waals surface area contributed by atoms with Crippen LogP contribution in [-0.2, 0) is 27.0 Å². The SMILES string of the molecule is CCP(CC)CC.COc1ccccc1CN=C(C)/C=C(/C)[O-].[CH3-].[Pd+2]. The van der Waals surface area contributed by atoms with Gasteiger partial charge in [0.1, 0.15) is 5.75 Å². The third-order valence-electron chi connectivity index (χ3n) is 3.45. The molecule has 0 fully saturated rings. The van der Waals surface area contributed by atoms with Gasteiger partial charge in [-0.2, -0.15) is 0 Å². The van der Waals surface area contributed by atoms with Crippen LogP contribution < -0.4 is 9.84 Å². The number of ether oxygens (including phenoxy) is 1. The van der Waals surface area contributed by atoms with Crippen molar-refractivity contribution in [1.82, 2.24) is 0 Å². The third kappa shape index (κ3) is 14.2. The minimum absolute atomic E-state index is 0. The first kappa shape index (κ1) is 29.1. The van der Waals surface area contributed by atoms with E-state index in [0.717, 1.165) is 17.0 Å². The summed E-state index contributed by atoms with van der Waals surface area (Å²) in [6.07, 6.45) is 5.78. The molecule has 0 saturated heterocycles.